The molecule has 3 rings (SSSR count). The maximum atomic E-state index is 12.4. The first kappa shape index (κ1) is 13.6. The van der Waals surface area contributed by atoms with Crippen LogP contribution < -0.4 is 0 Å². The zero-order valence-corrected chi connectivity index (χ0v) is 12.7. The first-order valence-corrected chi connectivity index (χ1v) is 7.25. The lowest BCUT2D eigenvalue weighted by atomic mass is 10.1. The van der Waals surface area contributed by atoms with E-state index in [0.29, 0.717) is 11.1 Å². The summed E-state index contributed by atoms with van der Waals surface area (Å²) in [7, 11) is 0. The van der Waals surface area contributed by atoms with Gasteiger partial charge in [-0.15, -0.1) is 0 Å². The van der Waals surface area contributed by atoms with E-state index in [1.807, 2.05) is 47.2 Å². The molecule has 0 bridgehead atoms. The SMILES string of the molecule is N#Cc1ccc2ccn(CC(=O)c3ccccc3Br)c2c1. The number of aromatic nitrogens is 1. The monoisotopic (exact) mass is 338 g/mol. The second-order valence-corrected chi connectivity index (χ2v) is 5.59. The second kappa shape index (κ2) is 5.55. The Labute approximate surface area is 130 Å². The molecular formula is C17H11BrN2O. The standard InChI is InChI=1S/C17H11BrN2O/c18-15-4-2-1-3-14(15)17(21)11-20-8-7-13-6-5-12(10-19)9-16(13)20/h1-9H,11H2. The highest BCUT2D eigenvalue weighted by atomic mass is 79.9. The molecule has 0 aliphatic rings. The molecule has 0 saturated carbocycles. The van der Waals surface area contributed by atoms with Crippen LogP contribution in [0, 0.1) is 11.3 Å². The number of nitrogens with zero attached hydrogens (tertiary/aromatic N) is 2. The molecule has 0 aliphatic heterocycles. The lowest BCUT2D eigenvalue weighted by Gasteiger charge is -2.06. The van der Waals surface area contributed by atoms with E-state index >= 15 is 0 Å². The van der Waals surface area contributed by atoms with E-state index in [4.69, 9.17) is 5.26 Å². The number of benzene rings is 2. The number of rotatable bonds is 3. The van der Waals surface area contributed by atoms with Gasteiger partial charge >= 0.3 is 0 Å². The maximum Gasteiger partial charge on any atom is 0.183 e. The van der Waals surface area contributed by atoms with Gasteiger partial charge in [0.05, 0.1) is 18.2 Å². The highest BCUT2D eigenvalue weighted by Gasteiger charge is 2.11. The normalized spacial score (nSPS) is 10.5. The Hall–Kier alpha value is -2.38. The number of fused-ring (bicyclic) bond motifs is 1. The van der Waals surface area contributed by atoms with Gasteiger partial charge in [-0.2, -0.15) is 5.26 Å². The van der Waals surface area contributed by atoms with E-state index < -0.39 is 0 Å². The maximum absolute atomic E-state index is 12.4. The van der Waals surface area contributed by atoms with E-state index in [2.05, 4.69) is 22.0 Å². The molecule has 0 spiro atoms. The van der Waals surface area contributed by atoms with Gasteiger partial charge in [-0.25, -0.2) is 0 Å². The Morgan fingerprint density at radius 1 is 1.19 bits per heavy atom. The van der Waals surface area contributed by atoms with Crippen LogP contribution in [0.4, 0.5) is 0 Å². The molecule has 0 unspecified atom stereocenters. The van der Waals surface area contributed by atoms with Crippen LogP contribution in [0.5, 0.6) is 0 Å². The predicted octanol–water partition coefficient (Wildman–Crippen LogP) is 4.16. The van der Waals surface area contributed by atoms with Crippen molar-refractivity contribution in [2.24, 2.45) is 0 Å². The number of hydrogen-bond donors (Lipinski definition) is 0. The highest BCUT2D eigenvalue weighted by molar-refractivity contribution is 9.10. The summed E-state index contributed by atoms with van der Waals surface area (Å²) >= 11 is 3.40. The average molecular weight is 339 g/mol. The summed E-state index contributed by atoms with van der Waals surface area (Å²) in [6, 6.07) is 16.9. The van der Waals surface area contributed by atoms with Gasteiger partial charge in [0.2, 0.25) is 0 Å². The van der Waals surface area contributed by atoms with Crippen LogP contribution in [0.15, 0.2) is 59.2 Å². The highest BCUT2D eigenvalue weighted by Crippen LogP contribution is 2.20. The van der Waals surface area contributed by atoms with Gasteiger partial charge in [-0.3, -0.25) is 4.79 Å². The number of Topliss-reactive ketones (excluding diaryl/α,β-unsaturated/α-hetero) is 1. The van der Waals surface area contributed by atoms with Crippen molar-refractivity contribution < 1.29 is 4.79 Å². The first-order valence-electron chi connectivity index (χ1n) is 6.46. The zero-order chi connectivity index (χ0) is 14.8. The number of carbonyl (C=O) groups excluding carboxylic acids is 1. The van der Waals surface area contributed by atoms with Gasteiger partial charge < -0.3 is 4.57 Å². The zero-order valence-electron chi connectivity index (χ0n) is 11.1. The molecule has 4 heteroatoms. The van der Waals surface area contributed by atoms with Crippen molar-refractivity contribution >= 4 is 32.6 Å². The molecular weight excluding hydrogens is 328 g/mol. The molecule has 21 heavy (non-hydrogen) atoms. The van der Waals surface area contributed by atoms with Crippen molar-refractivity contribution in [2.75, 3.05) is 0 Å². The molecule has 3 aromatic rings. The minimum atomic E-state index is 0.0299. The van der Waals surface area contributed by atoms with Crippen molar-refractivity contribution in [3.05, 3.63) is 70.3 Å². The van der Waals surface area contributed by atoms with Crippen molar-refractivity contribution in [3.8, 4) is 6.07 Å². The molecule has 0 fully saturated rings. The molecule has 102 valence electrons. The lowest BCUT2D eigenvalue weighted by molar-refractivity contribution is 0.0973. The van der Waals surface area contributed by atoms with Crippen LogP contribution in [-0.4, -0.2) is 10.4 Å². The molecule has 0 aliphatic carbocycles. The van der Waals surface area contributed by atoms with Gasteiger partial charge in [0.1, 0.15) is 0 Å². The minimum absolute atomic E-state index is 0.0299. The quantitative estimate of drug-likeness (QED) is 0.673. The molecule has 2 aromatic carbocycles. The lowest BCUT2D eigenvalue weighted by Crippen LogP contribution is -2.10. The molecule has 0 N–H and O–H groups in total. The molecule has 0 radical (unpaired) electrons. The summed E-state index contributed by atoms with van der Waals surface area (Å²) in [5, 5.41) is 10.0. The summed E-state index contributed by atoms with van der Waals surface area (Å²) in [5.74, 6) is 0.0299. The van der Waals surface area contributed by atoms with Gasteiger partial charge in [0.25, 0.3) is 0 Å². The Morgan fingerprint density at radius 3 is 2.76 bits per heavy atom. The number of nitriles is 1. The predicted molar refractivity (Wildman–Crippen MR) is 85.1 cm³/mol. The van der Waals surface area contributed by atoms with Gasteiger partial charge in [0.15, 0.2) is 5.78 Å². The summed E-state index contributed by atoms with van der Waals surface area (Å²) in [5.41, 5.74) is 2.15. The smallest absolute Gasteiger partial charge is 0.183 e. The van der Waals surface area contributed by atoms with Crippen LogP contribution in [-0.2, 0) is 6.54 Å². The van der Waals surface area contributed by atoms with E-state index in [1.165, 1.54) is 0 Å². The third kappa shape index (κ3) is 2.61. The molecule has 0 saturated heterocycles. The van der Waals surface area contributed by atoms with Crippen molar-refractivity contribution in [3.63, 3.8) is 0 Å². The van der Waals surface area contributed by atoms with Crippen LogP contribution in [0.3, 0.4) is 0 Å². The molecule has 1 aromatic heterocycles. The van der Waals surface area contributed by atoms with Crippen LogP contribution in [0.1, 0.15) is 15.9 Å². The Balaban J connectivity index is 1.97. The number of carbonyl (C=O) groups is 1. The fourth-order valence-electron chi connectivity index (χ4n) is 2.32. The topological polar surface area (TPSA) is 45.8 Å². The van der Waals surface area contributed by atoms with Crippen LogP contribution in [0.2, 0.25) is 0 Å². The van der Waals surface area contributed by atoms with Crippen LogP contribution in [0.25, 0.3) is 10.9 Å². The summed E-state index contributed by atoms with van der Waals surface area (Å²) in [4.78, 5) is 12.4. The fourth-order valence-corrected chi connectivity index (χ4v) is 2.82. The third-order valence-electron chi connectivity index (χ3n) is 3.39. The minimum Gasteiger partial charge on any atom is -0.340 e. The Bertz CT molecular complexity index is 874. The fraction of sp³-hybridized carbons (Fsp3) is 0.0588. The first-order chi connectivity index (χ1) is 10.2. The van der Waals surface area contributed by atoms with E-state index in [1.54, 1.807) is 12.1 Å². The second-order valence-electron chi connectivity index (χ2n) is 4.73. The van der Waals surface area contributed by atoms with Crippen molar-refractivity contribution in [1.82, 2.24) is 4.57 Å². The van der Waals surface area contributed by atoms with Gasteiger partial charge in [0, 0.05) is 21.7 Å². The van der Waals surface area contributed by atoms with Crippen molar-refractivity contribution in [2.45, 2.75) is 6.54 Å². The molecule has 3 nitrogen and oxygen atoms in total. The summed E-state index contributed by atoms with van der Waals surface area (Å²) < 4.78 is 2.67. The third-order valence-corrected chi connectivity index (χ3v) is 4.08. The number of halogens is 1. The van der Waals surface area contributed by atoms with Crippen LogP contribution >= 0.6 is 15.9 Å². The van der Waals surface area contributed by atoms with Gasteiger partial charge in [-0.1, -0.05) is 40.2 Å². The molecule has 0 amide bonds. The van der Waals surface area contributed by atoms with E-state index in [0.717, 1.165) is 15.4 Å². The summed E-state index contributed by atoms with van der Waals surface area (Å²) in [6.45, 7) is 0.251. The van der Waals surface area contributed by atoms with E-state index in [-0.39, 0.29) is 12.3 Å². The number of hydrogen-bond acceptors (Lipinski definition) is 2. The van der Waals surface area contributed by atoms with Crippen molar-refractivity contribution in [1.29, 1.82) is 5.26 Å². The van der Waals surface area contributed by atoms with Gasteiger partial charge in [-0.05, 0) is 29.7 Å². The largest absolute Gasteiger partial charge is 0.340 e. The Morgan fingerprint density at radius 2 is 2.00 bits per heavy atom. The number of ketones is 1. The molecule has 1 heterocycles. The Kier molecular flexibility index (Phi) is 3.59. The average Bonchev–Trinajstić information content (AvgIpc) is 2.90. The summed E-state index contributed by atoms with van der Waals surface area (Å²) in [6.07, 6.45) is 1.88. The molecule has 0 atom stereocenters. The van der Waals surface area contributed by atoms with E-state index in [9.17, 15) is 4.79 Å².